The number of nitrogens with zero attached hydrogens (tertiary/aromatic N) is 1. The first-order valence-corrected chi connectivity index (χ1v) is 10.6. The molecule has 0 fully saturated rings. The van der Waals surface area contributed by atoms with Gasteiger partial charge in [-0.3, -0.25) is 9.59 Å². The predicted octanol–water partition coefficient (Wildman–Crippen LogP) is 5.17. The third kappa shape index (κ3) is 3.17. The Morgan fingerprint density at radius 3 is 2.41 bits per heavy atom. The summed E-state index contributed by atoms with van der Waals surface area (Å²) >= 11 is 0. The molecule has 1 aromatic heterocycles. The normalized spacial score (nSPS) is 15.4. The highest BCUT2D eigenvalue weighted by Crippen LogP contribution is 2.40. The smallest absolute Gasteiger partial charge is 0.291 e. The van der Waals surface area contributed by atoms with E-state index in [1.807, 2.05) is 57.2 Å². The summed E-state index contributed by atoms with van der Waals surface area (Å²) in [4.78, 5) is 28.9. The van der Waals surface area contributed by atoms with Crippen LogP contribution in [0.3, 0.4) is 0 Å². The number of phenols is 1. The van der Waals surface area contributed by atoms with Gasteiger partial charge in [-0.05, 0) is 61.2 Å². The van der Waals surface area contributed by atoms with Crippen LogP contribution >= 0.6 is 0 Å². The summed E-state index contributed by atoms with van der Waals surface area (Å²) in [5, 5.41) is 10.6. The van der Waals surface area contributed by atoms with E-state index < -0.39 is 6.04 Å². The van der Waals surface area contributed by atoms with Gasteiger partial charge < -0.3 is 14.4 Å². The van der Waals surface area contributed by atoms with Gasteiger partial charge in [0.25, 0.3) is 5.91 Å². The number of phenolic OH excluding ortho intramolecular Hbond substituents is 1. The molecule has 2 heterocycles. The number of aromatic hydroxyl groups is 1. The first-order valence-electron chi connectivity index (χ1n) is 10.6. The fourth-order valence-corrected chi connectivity index (χ4v) is 4.61. The third-order valence-corrected chi connectivity index (χ3v) is 6.07. The minimum Gasteiger partial charge on any atom is -0.508 e. The molecule has 1 atom stereocenters. The SMILES string of the molecule is Cc1ccc(CN2C(=O)c3oc4cc(C)cc(C)c4c(=O)c3[C@H]2c2cccc(O)c2)cc1. The molecule has 5 nitrogen and oxygen atoms in total. The van der Waals surface area contributed by atoms with Gasteiger partial charge in [0.15, 0.2) is 5.43 Å². The van der Waals surface area contributed by atoms with Crippen molar-refractivity contribution >= 4 is 16.9 Å². The monoisotopic (exact) mass is 425 g/mol. The molecule has 0 aliphatic carbocycles. The van der Waals surface area contributed by atoms with E-state index in [9.17, 15) is 14.7 Å². The molecule has 4 aromatic rings. The number of hydrogen-bond acceptors (Lipinski definition) is 4. The van der Waals surface area contributed by atoms with Gasteiger partial charge in [-0.2, -0.15) is 0 Å². The molecule has 1 aliphatic rings. The molecule has 0 unspecified atom stereocenters. The standard InChI is InChI=1S/C27H23NO4/c1-15-7-9-18(10-8-15)14-28-24(19-5-4-6-20(29)13-19)23-25(30)22-17(3)11-16(2)12-21(22)32-26(23)27(28)31/h4-13,24,29H,14H2,1-3H3/t24-/m1/s1. The van der Waals surface area contributed by atoms with Crippen LogP contribution in [0, 0.1) is 20.8 Å². The van der Waals surface area contributed by atoms with E-state index in [-0.39, 0.29) is 22.8 Å². The van der Waals surface area contributed by atoms with Crippen LogP contribution in [0.5, 0.6) is 5.75 Å². The van der Waals surface area contributed by atoms with Crippen LogP contribution in [-0.4, -0.2) is 15.9 Å². The molecule has 0 bridgehead atoms. The van der Waals surface area contributed by atoms with Gasteiger partial charge in [-0.15, -0.1) is 0 Å². The number of amides is 1. The molecule has 160 valence electrons. The minimum absolute atomic E-state index is 0.0768. The number of carbonyl (C=O) groups is 1. The van der Waals surface area contributed by atoms with Crippen LogP contribution in [0.1, 0.15) is 50.0 Å². The second-order valence-corrected chi connectivity index (χ2v) is 8.55. The lowest BCUT2D eigenvalue weighted by Gasteiger charge is -2.25. The number of hydrogen-bond donors (Lipinski definition) is 1. The molecule has 3 aromatic carbocycles. The van der Waals surface area contributed by atoms with Crippen molar-refractivity contribution < 1.29 is 14.3 Å². The molecule has 32 heavy (non-hydrogen) atoms. The van der Waals surface area contributed by atoms with Crippen molar-refractivity contribution in [1.82, 2.24) is 4.90 Å². The van der Waals surface area contributed by atoms with Gasteiger partial charge in [-0.1, -0.05) is 48.0 Å². The van der Waals surface area contributed by atoms with Gasteiger partial charge in [-0.25, -0.2) is 0 Å². The molecule has 0 saturated heterocycles. The van der Waals surface area contributed by atoms with Gasteiger partial charge in [0, 0.05) is 6.54 Å². The zero-order valence-electron chi connectivity index (χ0n) is 18.2. The highest BCUT2D eigenvalue weighted by molar-refractivity contribution is 5.99. The van der Waals surface area contributed by atoms with Gasteiger partial charge in [0.1, 0.15) is 11.3 Å². The van der Waals surface area contributed by atoms with E-state index in [0.29, 0.717) is 28.6 Å². The van der Waals surface area contributed by atoms with E-state index in [4.69, 9.17) is 4.42 Å². The fraction of sp³-hybridized carbons (Fsp3) is 0.185. The average Bonchev–Trinajstić information content (AvgIpc) is 3.01. The second kappa shape index (κ2) is 7.38. The van der Waals surface area contributed by atoms with Crippen molar-refractivity contribution in [3.8, 4) is 5.75 Å². The van der Waals surface area contributed by atoms with Crippen LogP contribution in [0.2, 0.25) is 0 Å². The Morgan fingerprint density at radius 2 is 1.69 bits per heavy atom. The predicted molar refractivity (Wildman–Crippen MR) is 123 cm³/mol. The van der Waals surface area contributed by atoms with Crippen LogP contribution in [-0.2, 0) is 6.54 Å². The summed E-state index contributed by atoms with van der Waals surface area (Å²) in [5.74, 6) is -0.171. The highest BCUT2D eigenvalue weighted by Gasteiger charge is 2.43. The Bertz CT molecular complexity index is 1430. The quantitative estimate of drug-likeness (QED) is 0.492. The Balaban J connectivity index is 1.75. The molecular weight excluding hydrogens is 402 g/mol. The summed E-state index contributed by atoms with van der Waals surface area (Å²) < 4.78 is 6.07. The Morgan fingerprint density at radius 1 is 0.938 bits per heavy atom. The zero-order valence-corrected chi connectivity index (χ0v) is 18.2. The summed E-state index contributed by atoms with van der Waals surface area (Å²) in [6.07, 6.45) is 0. The number of aryl methyl sites for hydroxylation is 3. The lowest BCUT2D eigenvalue weighted by molar-refractivity contribution is 0.0714. The maximum Gasteiger partial charge on any atom is 0.291 e. The van der Waals surface area contributed by atoms with Crippen LogP contribution < -0.4 is 5.43 Å². The molecule has 5 heteroatoms. The van der Waals surface area contributed by atoms with Crippen LogP contribution in [0.25, 0.3) is 11.0 Å². The van der Waals surface area contributed by atoms with E-state index >= 15 is 0 Å². The van der Waals surface area contributed by atoms with Crippen molar-refractivity contribution in [3.05, 3.63) is 110 Å². The average molecular weight is 425 g/mol. The largest absolute Gasteiger partial charge is 0.508 e. The van der Waals surface area contributed by atoms with Gasteiger partial charge >= 0.3 is 0 Å². The van der Waals surface area contributed by atoms with Crippen molar-refractivity contribution in [2.45, 2.75) is 33.4 Å². The first-order chi connectivity index (χ1) is 15.3. The molecule has 0 spiro atoms. The van der Waals surface area contributed by atoms with Crippen LogP contribution in [0.4, 0.5) is 0 Å². The zero-order chi connectivity index (χ0) is 22.6. The van der Waals surface area contributed by atoms with E-state index in [0.717, 1.165) is 22.3 Å². The van der Waals surface area contributed by atoms with Crippen molar-refractivity contribution in [3.63, 3.8) is 0 Å². The minimum atomic E-state index is -0.646. The lowest BCUT2D eigenvalue weighted by Crippen LogP contribution is -2.29. The van der Waals surface area contributed by atoms with Crippen molar-refractivity contribution in [2.24, 2.45) is 0 Å². The Labute approximate surface area is 185 Å². The molecule has 5 rings (SSSR count). The molecule has 1 N–H and O–H groups in total. The Hall–Kier alpha value is -3.86. The fourth-order valence-electron chi connectivity index (χ4n) is 4.61. The van der Waals surface area contributed by atoms with Gasteiger partial charge in [0.2, 0.25) is 5.76 Å². The van der Waals surface area contributed by atoms with E-state index in [1.165, 1.54) is 0 Å². The molecule has 1 amide bonds. The number of benzene rings is 3. The van der Waals surface area contributed by atoms with Gasteiger partial charge in [0.05, 0.1) is 17.0 Å². The Kier molecular flexibility index (Phi) is 4.63. The third-order valence-electron chi connectivity index (χ3n) is 6.07. The molecular formula is C27H23NO4. The van der Waals surface area contributed by atoms with Crippen LogP contribution in [0.15, 0.2) is 69.9 Å². The number of carbonyl (C=O) groups excluding carboxylic acids is 1. The maximum absolute atomic E-state index is 13.7. The number of rotatable bonds is 3. The summed E-state index contributed by atoms with van der Waals surface area (Å²) in [6.45, 7) is 6.13. The second-order valence-electron chi connectivity index (χ2n) is 8.55. The van der Waals surface area contributed by atoms with Crippen molar-refractivity contribution in [1.29, 1.82) is 0 Å². The topological polar surface area (TPSA) is 70.8 Å². The maximum atomic E-state index is 13.7. The highest BCUT2D eigenvalue weighted by atomic mass is 16.3. The molecule has 0 saturated carbocycles. The lowest BCUT2D eigenvalue weighted by atomic mass is 9.96. The molecule has 0 radical (unpaired) electrons. The summed E-state index contributed by atoms with van der Waals surface area (Å²) in [6, 6.07) is 17.7. The first kappa shape index (κ1) is 20.1. The van der Waals surface area contributed by atoms with E-state index in [1.54, 1.807) is 29.2 Å². The van der Waals surface area contributed by atoms with Crippen molar-refractivity contribution in [2.75, 3.05) is 0 Å². The number of fused-ring (bicyclic) bond motifs is 2. The van der Waals surface area contributed by atoms with E-state index in [2.05, 4.69) is 0 Å². The summed E-state index contributed by atoms with van der Waals surface area (Å²) in [7, 11) is 0. The summed E-state index contributed by atoms with van der Waals surface area (Å²) in [5.41, 5.74) is 5.07. The molecule has 1 aliphatic heterocycles.